The molecular weight excluding hydrogens is 406 g/mol. The van der Waals surface area contributed by atoms with Crippen LogP contribution in [-0.4, -0.2) is 36.6 Å². The first-order valence-corrected chi connectivity index (χ1v) is 10.2. The Labute approximate surface area is 187 Å². The number of carbonyl (C=O) groups excluding carboxylic acids is 1. The van der Waals surface area contributed by atoms with E-state index in [9.17, 15) is 4.79 Å². The largest absolute Gasteiger partial charge is 0.493 e. The number of nitrogens with zero attached hydrogens (tertiary/aromatic N) is 2. The Balaban J connectivity index is 1.61. The lowest BCUT2D eigenvalue weighted by Crippen LogP contribution is -2.07. The number of hydrogen-bond donors (Lipinski definition) is 3. The van der Waals surface area contributed by atoms with E-state index in [1.54, 1.807) is 32.4 Å². The first-order chi connectivity index (χ1) is 15.5. The minimum atomic E-state index is -0.234. The van der Waals surface area contributed by atoms with Gasteiger partial charge in [0.25, 0.3) is 0 Å². The van der Waals surface area contributed by atoms with Crippen molar-refractivity contribution in [3.05, 3.63) is 66.0 Å². The molecule has 0 aliphatic rings. The summed E-state index contributed by atoms with van der Waals surface area (Å²) in [6, 6.07) is 14.7. The smallest absolute Gasteiger partial charge is 0.248 e. The predicted molar refractivity (Wildman–Crippen MR) is 128 cm³/mol. The average Bonchev–Trinajstić information content (AvgIpc) is 2.78. The third-order valence-corrected chi connectivity index (χ3v) is 4.46. The van der Waals surface area contributed by atoms with E-state index in [0.29, 0.717) is 28.8 Å². The topological polar surface area (TPSA) is 97.4 Å². The summed E-state index contributed by atoms with van der Waals surface area (Å²) in [7, 11) is 3.15. The molecular formula is C24H27N5O3. The zero-order chi connectivity index (χ0) is 22.9. The minimum absolute atomic E-state index is 0.234. The van der Waals surface area contributed by atoms with E-state index in [4.69, 9.17) is 9.47 Å². The molecule has 1 heterocycles. The second-order valence-electron chi connectivity index (χ2n) is 6.86. The highest BCUT2D eigenvalue weighted by Gasteiger charge is 2.05. The quantitative estimate of drug-likeness (QED) is 0.423. The van der Waals surface area contributed by atoms with E-state index < -0.39 is 0 Å². The number of aromatic nitrogens is 2. The molecule has 0 atom stereocenters. The summed E-state index contributed by atoms with van der Waals surface area (Å²) >= 11 is 0. The van der Waals surface area contributed by atoms with Gasteiger partial charge in [0.2, 0.25) is 5.91 Å². The van der Waals surface area contributed by atoms with Gasteiger partial charge in [0.05, 0.1) is 14.2 Å². The van der Waals surface area contributed by atoms with Gasteiger partial charge < -0.3 is 25.4 Å². The van der Waals surface area contributed by atoms with Gasteiger partial charge in [-0.3, -0.25) is 4.79 Å². The number of benzene rings is 2. The SMILES string of the molecule is CCNc1cc(Nc2ccc(NC(=O)/C=C/c3ccc(OC)c(OC)c3)cc2)nc(C)n1. The van der Waals surface area contributed by atoms with Gasteiger partial charge in [-0.05, 0) is 61.9 Å². The van der Waals surface area contributed by atoms with E-state index in [-0.39, 0.29) is 5.91 Å². The first kappa shape index (κ1) is 22.6. The molecule has 8 heteroatoms. The summed E-state index contributed by atoms with van der Waals surface area (Å²) in [4.78, 5) is 21.0. The Kier molecular flexibility index (Phi) is 7.64. The van der Waals surface area contributed by atoms with Gasteiger partial charge in [-0.25, -0.2) is 9.97 Å². The molecule has 3 aromatic rings. The molecule has 0 saturated carbocycles. The van der Waals surface area contributed by atoms with Gasteiger partial charge in [-0.15, -0.1) is 0 Å². The van der Waals surface area contributed by atoms with Crippen LogP contribution < -0.4 is 25.4 Å². The lowest BCUT2D eigenvalue weighted by molar-refractivity contribution is -0.111. The maximum atomic E-state index is 12.3. The summed E-state index contributed by atoms with van der Waals surface area (Å²) in [5.41, 5.74) is 2.36. The lowest BCUT2D eigenvalue weighted by atomic mass is 10.2. The van der Waals surface area contributed by atoms with E-state index in [0.717, 1.165) is 23.6 Å². The average molecular weight is 434 g/mol. The number of ether oxygens (including phenoxy) is 2. The summed E-state index contributed by atoms with van der Waals surface area (Å²) < 4.78 is 10.5. The van der Waals surface area contributed by atoms with Crippen molar-refractivity contribution in [2.24, 2.45) is 0 Å². The molecule has 3 rings (SSSR count). The van der Waals surface area contributed by atoms with Gasteiger partial charge in [-0.1, -0.05) is 6.07 Å². The molecule has 3 N–H and O–H groups in total. The van der Waals surface area contributed by atoms with Crippen molar-refractivity contribution in [1.29, 1.82) is 0 Å². The standard InChI is InChI=1S/C24H27N5O3/c1-5-25-22-15-23(27-16(2)26-22)28-18-8-10-19(11-9-18)29-24(30)13-7-17-6-12-20(31-3)21(14-17)32-4/h6-15H,5H2,1-4H3,(H,29,30)(H2,25,26,27,28)/b13-7+. The first-order valence-electron chi connectivity index (χ1n) is 10.2. The molecule has 0 spiro atoms. The maximum absolute atomic E-state index is 12.3. The van der Waals surface area contributed by atoms with Crippen LogP contribution in [0, 0.1) is 6.92 Å². The molecule has 32 heavy (non-hydrogen) atoms. The number of amides is 1. The number of aryl methyl sites for hydroxylation is 1. The number of hydrogen-bond acceptors (Lipinski definition) is 7. The van der Waals surface area contributed by atoms with Crippen molar-refractivity contribution in [1.82, 2.24) is 9.97 Å². The second-order valence-corrected chi connectivity index (χ2v) is 6.86. The fourth-order valence-electron chi connectivity index (χ4n) is 3.00. The fraction of sp³-hybridized carbons (Fsp3) is 0.208. The molecule has 0 aliphatic carbocycles. The Hall–Kier alpha value is -4.07. The van der Waals surface area contributed by atoms with Gasteiger partial charge in [0.1, 0.15) is 17.5 Å². The van der Waals surface area contributed by atoms with Crippen LogP contribution in [0.2, 0.25) is 0 Å². The van der Waals surface area contributed by atoms with Crippen molar-refractivity contribution in [2.45, 2.75) is 13.8 Å². The normalized spacial score (nSPS) is 10.6. The van der Waals surface area contributed by atoms with Crippen LogP contribution in [-0.2, 0) is 4.79 Å². The van der Waals surface area contributed by atoms with Gasteiger partial charge in [0.15, 0.2) is 11.5 Å². The molecule has 166 valence electrons. The van der Waals surface area contributed by atoms with Gasteiger partial charge in [0, 0.05) is 30.1 Å². The van der Waals surface area contributed by atoms with Crippen LogP contribution in [0.25, 0.3) is 6.08 Å². The second kappa shape index (κ2) is 10.8. The molecule has 0 fully saturated rings. The monoisotopic (exact) mass is 433 g/mol. The third kappa shape index (κ3) is 6.21. The summed E-state index contributed by atoms with van der Waals surface area (Å²) in [5, 5.41) is 9.28. The fourth-order valence-corrected chi connectivity index (χ4v) is 3.00. The van der Waals surface area contributed by atoms with Crippen LogP contribution in [0.15, 0.2) is 54.6 Å². The van der Waals surface area contributed by atoms with Gasteiger partial charge >= 0.3 is 0 Å². The van der Waals surface area contributed by atoms with Crippen molar-refractivity contribution < 1.29 is 14.3 Å². The molecule has 0 unspecified atom stereocenters. The van der Waals surface area contributed by atoms with Crippen molar-refractivity contribution in [3.8, 4) is 11.5 Å². The van der Waals surface area contributed by atoms with Gasteiger partial charge in [-0.2, -0.15) is 0 Å². The van der Waals surface area contributed by atoms with Crippen LogP contribution in [0.5, 0.6) is 11.5 Å². The molecule has 0 bridgehead atoms. The van der Waals surface area contributed by atoms with Crippen molar-refractivity contribution in [3.63, 3.8) is 0 Å². The summed E-state index contributed by atoms with van der Waals surface area (Å²) in [5.74, 6) is 3.15. The zero-order valence-electron chi connectivity index (χ0n) is 18.6. The highest BCUT2D eigenvalue weighted by atomic mass is 16.5. The molecule has 1 aromatic heterocycles. The molecule has 1 amide bonds. The van der Waals surface area contributed by atoms with Crippen LogP contribution in [0.3, 0.4) is 0 Å². The zero-order valence-corrected chi connectivity index (χ0v) is 18.6. The lowest BCUT2D eigenvalue weighted by Gasteiger charge is -2.10. The van der Waals surface area contributed by atoms with E-state index in [1.165, 1.54) is 6.08 Å². The summed E-state index contributed by atoms with van der Waals surface area (Å²) in [6.07, 6.45) is 3.19. The predicted octanol–water partition coefficient (Wildman–Crippen LogP) is 4.63. The van der Waals surface area contributed by atoms with E-state index >= 15 is 0 Å². The Morgan fingerprint density at radius 2 is 1.62 bits per heavy atom. The third-order valence-electron chi connectivity index (χ3n) is 4.46. The van der Waals surface area contributed by atoms with E-state index in [1.807, 2.05) is 50.2 Å². The number of carbonyl (C=O) groups is 1. The summed E-state index contributed by atoms with van der Waals surface area (Å²) in [6.45, 7) is 4.64. The minimum Gasteiger partial charge on any atom is -0.493 e. The van der Waals surface area contributed by atoms with E-state index in [2.05, 4.69) is 25.9 Å². The number of nitrogens with one attached hydrogen (secondary N) is 3. The highest BCUT2D eigenvalue weighted by molar-refractivity contribution is 6.02. The van der Waals surface area contributed by atoms with Crippen molar-refractivity contribution >= 4 is 35.0 Å². The molecule has 2 aromatic carbocycles. The van der Waals surface area contributed by atoms with Crippen LogP contribution in [0.4, 0.5) is 23.0 Å². The van der Waals surface area contributed by atoms with Crippen molar-refractivity contribution in [2.75, 3.05) is 36.7 Å². The highest BCUT2D eigenvalue weighted by Crippen LogP contribution is 2.28. The molecule has 8 nitrogen and oxygen atoms in total. The molecule has 0 aliphatic heterocycles. The molecule has 0 saturated heterocycles. The molecule has 0 radical (unpaired) electrons. The van der Waals surface area contributed by atoms with Crippen LogP contribution in [0.1, 0.15) is 18.3 Å². The number of methoxy groups -OCH3 is 2. The number of rotatable bonds is 9. The Morgan fingerprint density at radius 3 is 2.31 bits per heavy atom. The number of anilines is 4. The Morgan fingerprint density at radius 1 is 0.938 bits per heavy atom. The van der Waals surface area contributed by atoms with Crippen LogP contribution >= 0.6 is 0 Å². The maximum Gasteiger partial charge on any atom is 0.248 e. The Bertz CT molecular complexity index is 1100.